The average molecular weight is 252 g/mol. The Labute approximate surface area is 106 Å². The van der Waals surface area contributed by atoms with Gasteiger partial charge in [0.1, 0.15) is 5.60 Å². The lowest BCUT2D eigenvalue weighted by atomic mass is 10.1. The second kappa shape index (κ2) is 5.64. The predicted octanol–water partition coefficient (Wildman–Crippen LogP) is 2.36. The van der Waals surface area contributed by atoms with Crippen molar-refractivity contribution in [2.75, 3.05) is 7.11 Å². The van der Waals surface area contributed by atoms with Gasteiger partial charge in [-0.1, -0.05) is 0 Å². The minimum absolute atomic E-state index is 0.296. The molecule has 0 aliphatic rings. The zero-order valence-corrected chi connectivity index (χ0v) is 10.9. The second-order valence-electron chi connectivity index (χ2n) is 4.62. The Balaban J connectivity index is 2.77. The van der Waals surface area contributed by atoms with E-state index in [2.05, 4.69) is 9.78 Å². The highest BCUT2D eigenvalue weighted by Crippen LogP contribution is 2.13. The van der Waals surface area contributed by atoms with E-state index in [0.29, 0.717) is 11.1 Å². The standard InChI is InChI=1S/C13H16O5/c1-13(2,3)17-11(14)9-5-7-10(8-6-9)12(15)18-16-4/h5-8H,1-4H3. The number of esters is 1. The van der Waals surface area contributed by atoms with Crippen LogP contribution in [0.25, 0.3) is 0 Å². The summed E-state index contributed by atoms with van der Waals surface area (Å²) in [4.78, 5) is 31.6. The van der Waals surface area contributed by atoms with Gasteiger partial charge in [0.25, 0.3) is 0 Å². The van der Waals surface area contributed by atoms with Crippen LogP contribution in [-0.2, 0) is 14.5 Å². The van der Waals surface area contributed by atoms with E-state index >= 15 is 0 Å². The minimum atomic E-state index is -0.617. The van der Waals surface area contributed by atoms with Crippen LogP contribution in [0.5, 0.6) is 0 Å². The topological polar surface area (TPSA) is 61.8 Å². The molecule has 18 heavy (non-hydrogen) atoms. The highest BCUT2D eigenvalue weighted by Gasteiger charge is 2.18. The molecule has 0 heterocycles. The van der Waals surface area contributed by atoms with Crippen LogP contribution in [0.1, 0.15) is 41.5 Å². The van der Waals surface area contributed by atoms with Crippen LogP contribution in [0.3, 0.4) is 0 Å². The van der Waals surface area contributed by atoms with Gasteiger partial charge in [-0.25, -0.2) is 9.59 Å². The van der Waals surface area contributed by atoms with E-state index in [4.69, 9.17) is 4.74 Å². The third-order valence-electron chi connectivity index (χ3n) is 1.91. The first kappa shape index (κ1) is 14.2. The number of rotatable bonds is 3. The van der Waals surface area contributed by atoms with Crippen LogP contribution in [0, 0.1) is 0 Å². The zero-order valence-electron chi connectivity index (χ0n) is 10.9. The van der Waals surface area contributed by atoms with E-state index in [-0.39, 0.29) is 0 Å². The molecule has 0 unspecified atom stereocenters. The number of carbonyl (C=O) groups is 2. The predicted molar refractivity (Wildman–Crippen MR) is 64.0 cm³/mol. The maximum absolute atomic E-state index is 11.7. The van der Waals surface area contributed by atoms with Gasteiger partial charge in [-0.3, -0.25) is 4.89 Å². The van der Waals surface area contributed by atoms with Gasteiger partial charge in [0.15, 0.2) is 0 Å². The minimum Gasteiger partial charge on any atom is -0.456 e. The fourth-order valence-corrected chi connectivity index (χ4v) is 1.20. The summed E-state index contributed by atoms with van der Waals surface area (Å²) in [5.41, 5.74) is 0.119. The van der Waals surface area contributed by atoms with Crippen LogP contribution in [0.2, 0.25) is 0 Å². The Morgan fingerprint density at radius 1 is 0.944 bits per heavy atom. The van der Waals surface area contributed by atoms with Gasteiger partial charge in [0.05, 0.1) is 18.2 Å². The summed E-state index contributed by atoms with van der Waals surface area (Å²) in [6.45, 7) is 5.36. The van der Waals surface area contributed by atoms with Gasteiger partial charge in [-0.05, 0) is 45.0 Å². The first-order chi connectivity index (χ1) is 8.33. The fourth-order valence-electron chi connectivity index (χ4n) is 1.20. The molecule has 0 amide bonds. The summed E-state index contributed by atoms with van der Waals surface area (Å²) >= 11 is 0. The summed E-state index contributed by atoms with van der Waals surface area (Å²) < 4.78 is 5.19. The van der Waals surface area contributed by atoms with Gasteiger partial charge < -0.3 is 4.74 Å². The van der Waals surface area contributed by atoms with E-state index < -0.39 is 17.5 Å². The summed E-state index contributed by atoms with van der Waals surface area (Å²) in [5.74, 6) is -1.05. The van der Waals surface area contributed by atoms with Crippen molar-refractivity contribution in [3.63, 3.8) is 0 Å². The molecule has 0 N–H and O–H groups in total. The Bertz CT molecular complexity index is 428. The summed E-state index contributed by atoms with van der Waals surface area (Å²) in [5, 5.41) is 0. The summed E-state index contributed by atoms with van der Waals surface area (Å²) in [6.07, 6.45) is 0. The highest BCUT2D eigenvalue weighted by molar-refractivity contribution is 5.93. The van der Waals surface area contributed by atoms with Crippen molar-refractivity contribution in [2.45, 2.75) is 26.4 Å². The lowest BCUT2D eigenvalue weighted by molar-refractivity contribution is -0.216. The molecule has 0 atom stereocenters. The van der Waals surface area contributed by atoms with Crippen LogP contribution in [-0.4, -0.2) is 24.6 Å². The molecule has 1 aromatic rings. The van der Waals surface area contributed by atoms with Crippen molar-refractivity contribution in [1.82, 2.24) is 0 Å². The fraction of sp³-hybridized carbons (Fsp3) is 0.385. The molecule has 0 saturated heterocycles. The van der Waals surface area contributed by atoms with Crippen molar-refractivity contribution < 1.29 is 24.1 Å². The van der Waals surface area contributed by atoms with Gasteiger partial charge in [-0.15, -0.1) is 0 Å². The van der Waals surface area contributed by atoms with Crippen LogP contribution in [0.4, 0.5) is 0 Å². The van der Waals surface area contributed by atoms with Crippen LogP contribution >= 0.6 is 0 Å². The Morgan fingerprint density at radius 3 is 1.78 bits per heavy atom. The molecule has 5 nitrogen and oxygen atoms in total. The molecule has 0 fully saturated rings. The number of carbonyl (C=O) groups excluding carboxylic acids is 2. The lowest BCUT2D eigenvalue weighted by Crippen LogP contribution is -2.23. The summed E-state index contributed by atoms with van der Waals surface area (Å²) in [6, 6.07) is 5.95. The SMILES string of the molecule is COOC(=O)c1ccc(C(=O)OC(C)(C)C)cc1. The van der Waals surface area contributed by atoms with Crippen molar-refractivity contribution >= 4 is 11.9 Å². The number of ether oxygens (including phenoxy) is 1. The molecular formula is C13H16O5. The summed E-state index contributed by atoms with van der Waals surface area (Å²) in [7, 11) is 1.24. The smallest absolute Gasteiger partial charge is 0.373 e. The molecule has 0 aliphatic heterocycles. The van der Waals surface area contributed by atoms with Gasteiger partial charge in [-0.2, -0.15) is 4.89 Å². The molecule has 0 spiro atoms. The molecule has 5 heteroatoms. The molecule has 0 aromatic heterocycles. The Hall–Kier alpha value is -1.88. The monoisotopic (exact) mass is 252 g/mol. The number of hydrogen-bond acceptors (Lipinski definition) is 5. The Kier molecular flexibility index (Phi) is 4.44. The van der Waals surface area contributed by atoms with Crippen molar-refractivity contribution in [3.8, 4) is 0 Å². The average Bonchev–Trinajstić information content (AvgIpc) is 2.27. The maximum atomic E-state index is 11.7. The molecule has 1 aromatic carbocycles. The van der Waals surface area contributed by atoms with Gasteiger partial charge in [0.2, 0.25) is 0 Å². The first-order valence-corrected chi connectivity index (χ1v) is 5.42. The van der Waals surface area contributed by atoms with E-state index in [1.807, 2.05) is 0 Å². The molecule has 98 valence electrons. The van der Waals surface area contributed by atoms with E-state index in [9.17, 15) is 9.59 Å². The normalized spacial score (nSPS) is 10.9. The molecule has 0 bridgehead atoms. The molecule has 0 radical (unpaired) electrons. The van der Waals surface area contributed by atoms with Crippen molar-refractivity contribution in [3.05, 3.63) is 35.4 Å². The first-order valence-electron chi connectivity index (χ1n) is 5.42. The quantitative estimate of drug-likeness (QED) is 0.469. The van der Waals surface area contributed by atoms with E-state index in [1.54, 1.807) is 20.8 Å². The van der Waals surface area contributed by atoms with E-state index in [0.717, 1.165) is 0 Å². The molecule has 1 rings (SSSR count). The van der Waals surface area contributed by atoms with Gasteiger partial charge in [0, 0.05) is 0 Å². The number of hydrogen-bond donors (Lipinski definition) is 0. The number of benzene rings is 1. The highest BCUT2D eigenvalue weighted by atomic mass is 17.2. The van der Waals surface area contributed by atoms with Crippen LogP contribution < -0.4 is 0 Å². The van der Waals surface area contributed by atoms with Crippen LogP contribution in [0.15, 0.2) is 24.3 Å². The van der Waals surface area contributed by atoms with E-state index in [1.165, 1.54) is 31.4 Å². The Morgan fingerprint density at radius 2 is 1.39 bits per heavy atom. The zero-order chi connectivity index (χ0) is 13.8. The molecular weight excluding hydrogens is 236 g/mol. The molecule has 0 aliphatic carbocycles. The van der Waals surface area contributed by atoms with Crippen molar-refractivity contribution in [2.24, 2.45) is 0 Å². The lowest BCUT2D eigenvalue weighted by Gasteiger charge is -2.19. The van der Waals surface area contributed by atoms with Gasteiger partial charge >= 0.3 is 11.9 Å². The third kappa shape index (κ3) is 4.18. The van der Waals surface area contributed by atoms with Crippen molar-refractivity contribution in [1.29, 1.82) is 0 Å². The molecule has 0 saturated carbocycles. The second-order valence-corrected chi connectivity index (χ2v) is 4.62. The third-order valence-corrected chi connectivity index (χ3v) is 1.91. The maximum Gasteiger partial charge on any atom is 0.373 e. The largest absolute Gasteiger partial charge is 0.456 e.